The van der Waals surface area contributed by atoms with Crippen molar-refractivity contribution in [2.75, 3.05) is 6.61 Å². The van der Waals surface area contributed by atoms with Gasteiger partial charge in [0.1, 0.15) is 12.4 Å². The normalized spacial score (nSPS) is 19.9. The molecule has 6 heteroatoms. The van der Waals surface area contributed by atoms with E-state index in [1.807, 2.05) is 0 Å². The zero-order valence-corrected chi connectivity index (χ0v) is 7.39. The van der Waals surface area contributed by atoms with Crippen LogP contribution in [-0.2, 0) is 4.74 Å². The van der Waals surface area contributed by atoms with E-state index >= 15 is 0 Å². The summed E-state index contributed by atoms with van der Waals surface area (Å²) in [6.45, 7) is -0.140. The van der Waals surface area contributed by atoms with Crippen LogP contribution in [0.5, 0.6) is 0 Å². The molecule has 1 aliphatic rings. The Labute approximate surface area is 82.8 Å². The summed E-state index contributed by atoms with van der Waals surface area (Å²) in [4.78, 5) is 10.7. The lowest BCUT2D eigenvalue weighted by atomic mass is 10.1. The molecular formula is C9H6F3NO2. The van der Waals surface area contributed by atoms with Crippen LogP contribution < -0.4 is 5.32 Å². The second kappa shape index (κ2) is 3.45. The van der Waals surface area contributed by atoms with E-state index in [1.165, 1.54) is 0 Å². The Morgan fingerprint density at radius 2 is 2.07 bits per heavy atom. The first-order valence-corrected chi connectivity index (χ1v) is 4.15. The van der Waals surface area contributed by atoms with Crippen molar-refractivity contribution < 1.29 is 22.7 Å². The molecule has 1 aromatic rings. The molecule has 1 amide bonds. The third-order valence-electron chi connectivity index (χ3n) is 2.07. The summed E-state index contributed by atoms with van der Waals surface area (Å²) in [6.07, 6.45) is -0.732. The molecule has 1 aliphatic heterocycles. The zero-order chi connectivity index (χ0) is 11.0. The summed E-state index contributed by atoms with van der Waals surface area (Å²) in [6, 6.07) is 0.428. The highest BCUT2D eigenvalue weighted by Gasteiger charge is 2.28. The number of hydrogen-bond acceptors (Lipinski definition) is 2. The summed E-state index contributed by atoms with van der Waals surface area (Å²) < 4.78 is 43.3. The van der Waals surface area contributed by atoms with Gasteiger partial charge in [-0.05, 0) is 6.07 Å². The third-order valence-corrected chi connectivity index (χ3v) is 2.07. The van der Waals surface area contributed by atoms with Crippen molar-refractivity contribution in [2.45, 2.75) is 6.04 Å². The van der Waals surface area contributed by atoms with Gasteiger partial charge in [-0.15, -0.1) is 0 Å². The standard InChI is InChI=1S/C9H6F3NO2/c10-4-1-5(8(12)6(11)2-4)7-3-15-9(14)13-7/h1-2,7H,3H2,(H,13,14)/t7-/m0/s1. The number of nitrogens with one attached hydrogen (secondary N) is 1. The summed E-state index contributed by atoms with van der Waals surface area (Å²) in [5.41, 5.74) is -0.252. The van der Waals surface area contributed by atoms with Crippen LogP contribution in [0.3, 0.4) is 0 Å². The Balaban J connectivity index is 2.39. The largest absolute Gasteiger partial charge is 0.447 e. The molecule has 2 rings (SSSR count). The summed E-state index contributed by atoms with van der Waals surface area (Å²) in [7, 11) is 0. The first kappa shape index (κ1) is 9.82. The average Bonchev–Trinajstić information content (AvgIpc) is 2.58. The Morgan fingerprint density at radius 3 is 2.67 bits per heavy atom. The van der Waals surface area contributed by atoms with Crippen LogP contribution >= 0.6 is 0 Å². The van der Waals surface area contributed by atoms with Crippen LogP contribution in [-0.4, -0.2) is 12.7 Å². The Hall–Kier alpha value is -1.72. The van der Waals surface area contributed by atoms with Gasteiger partial charge in [-0.1, -0.05) is 0 Å². The number of carbonyl (C=O) groups is 1. The molecule has 80 valence electrons. The molecule has 0 aromatic heterocycles. The molecule has 0 unspecified atom stereocenters. The number of benzene rings is 1. The maximum atomic E-state index is 13.2. The van der Waals surface area contributed by atoms with Gasteiger partial charge in [0.05, 0.1) is 6.04 Å². The van der Waals surface area contributed by atoms with Crippen LogP contribution in [0.1, 0.15) is 11.6 Å². The average molecular weight is 217 g/mol. The molecule has 0 bridgehead atoms. The SMILES string of the molecule is O=C1N[C@H](c2cc(F)cc(F)c2F)CO1. The third kappa shape index (κ3) is 1.74. The molecule has 1 saturated heterocycles. The van der Waals surface area contributed by atoms with Gasteiger partial charge in [-0.25, -0.2) is 18.0 Å². The number of carbonyl (C=O) groups excluding carboxylic acids is 1. The molecule has 0 radical (unpaired) electrons. The minimum Gasteiger partial charge on any atom is -0.447 e. The smallest absolute Gasteiger partial charge is 0.407 e. The lowest BCUT2D eigenvalue weighted by Crippen LogP contribution is -2.20. The van der Waals surface area contributed by atoms with Crippen molar-refractivity contribution in [3.05, 3.63) is 35.1 Å². The molecule has 0 spiro atoms. The summed E-state index contributed by atoms with van der Waals surface area (Å²) >= 11 is 0. The van der Waals surface area contributed by atoms with E-state index in [2.05, 4.69) is 10.1 Å². The van der Waals surface area contributed by atoms with Gasteiger partial charge in [0, 0.05) is 11.6 Å². The van der Waals surface area contributed by atoms with E-state index in [0.717, 1.165) is 6.07 Å². The fourth-order valence-electron chi connectivity index (χ4n) is 1.38. The number of amides is 1. The fourth-order valence-corrected chi connectivity index (χ4v) is 1.38. The van der Waals surface area contributed by atoms with Crippen LogP contribution in [0.4, 0.5) is 18.0 Å². The Kier molecular flexibility index (Phi) is 2.26. The van der Waals surface area contributed by atoms with Crippen molar-refractivity contribution in [3.8, 4) is 0 Å². The lowest BCUT2D eigenvalue weighted by Gasteiger charge is -2.09. The molecular weight excluding hydrogens is 211 g/mol. The lowest BCUT2D eigenvalue weighted by molar-refractivity contribution is 0.176. The van der Waals surface area contributed by atoms with Crippen LogP contribution in [0.25, 0.3) is 0 Å². The fraction of sp³-hybridized carbons (Fsp3) is 0.222. The predicted molar refractivity (Wildman–Crippen MR) is 43.5 cm³/mol. The van der Waals surface area contributed by atoms with Gasteiger partial charge >= 0.3 is 6.09 Å². The molecule has 0 saturated carbocycles. The number of ether oxygens (including phenoxy) is 1. The number of cyclic esters (lactones) is 1. The van der Waals surface area contributed by atoms with Gasteiger partial charge < -0.3 is 10.1 Å². The van der Waals surface area contributed by atoms with Gasteiger partial charge in [-0.3, -0.25) is 0 Å². The second-order valence-electron chi connectivity index (χ2n) is 3.09. The molecule has 1 heterocycles. The van der Waals surface area contributed by atoms with E-state index in [-0.39, 0.29) is 12.2 Å². The first-order valence-electron chi connectivity index (χ1n) is 4.15. The van der Waals surface area contributed by atoms with Crippen molar-refractivity contribution in [3.63, 3.8) is 0 Å². The van der Waals surface area contributed by atoms with Crippen molar-refractivity contribution in [1.29, 1.82) is 0 Å². The van der Waals surface area contributed by atoms with Gasteiger partial charge in [0.25, 0.3) is 0 Å². The van der Waals surface area contributed by atoms with Crippen molar-refractivity contribution in [2.24, 2.45) is 0 Å². The predicted octanol–water partition coefficient (Wildman–Crippen LogP) is 1.88. The highest BCUT2D eigenvalue weighted by atomic mass is 19.2. The van der Waals surface area contributed by atoms with Gasteiger partial charge in [0.2, 0.25) is 0 Å². The zero-order valence-electron chi connectivity index (χ0n) is 7.39. The maximum absolute atomic E-state index is 13.2. The van der Waals surface area contributed by atoms with Crippen molar-refractivity contribution in [1.82, 2.24) is 5.32 Å². The molecule has 1 aromatic carbocycles. The van der Waals surface area contributed by atoms with E-state index in [4.69, 9.17) is 0 Å². The topological polar surface area (TPSA) is 38.3 Å². The van der Waals surface area contributed by atoms with E-state index in [1.54, 1.807) is 0 Å². The van der Waals surface area contributed by atoms with E-state index in [9.17, 15) is 18.0 Å². The molecule has 1 atom stereocenters. The Morgan fingerprint density at radius 1 is 1.33 bits per heavy atom. The number of alkyl carbamates (subject to hydrolysis) is 1. The minimum atomic E-state index is -1.29. The summed E-state index contributed by atoms with van der Waals surface area (Å²) in [5, 5.41) is 2.23. The van der Waals surface area contributed by atoms with E-state index < -0.39 is 29.6 Å². The Bertz CT molecular complexity index is 422. The molecule has 1 N–H and O–H groups in total. The molecule has 15 heavy (non-hydrogen) atoms. The highest BCUT2D eigenvalue weighted by molar-refractivity contribution is 5.70. The molecule has 0 aliphatic carbocycles. The monoisotopic (exact) mass is 217 g/mol. The van der Waals surface area contributed by atoms with Gasteiger partial charge in [0.15, 0.2) is 11.6 Å². The highest BCUT2D eigenvalue weighted by Crippen LogP contribution is 2.23. The van der Waals surface area contributed by atoms with Crippen LogP contribution in [0.15, 0.2) is 12.1 Å². The van der Waals surface area contributed by atoms with Crippen molar-refractivity contribution >= 4 is 6.09 Å². The van der Waals surface area contributed by atoms with Gasteiger partial charge in [-0.2, -0.15) is 0 Å². The minimum absolute atomic E-state index is 0.140. The van der Waals surface area contributed by atoms with Crippen LogP contribution in [0.2, 0.25) is 0 Å². The molecule has 1 fully saturated rings. The quantitative estimate of drug-likeness (QED) is 0.729. The number of halogens is 3. The number of rotatable bonds is 1. The first-order chi connectivity index (χ1) is 7.08. The molecule has 3 nitrogen and oxygen atoms in total. The number of hydrogen-bond donors (Lipinski definition) is 1. The second-order valence-corrected chi connectivity index (χ2v) is 3.09. The van der Waals surface area contributed by atoms with Crippen LogP contribution in [0, 0.1) is 17.5 Å². The maximum Gasteiger partial charge on any atom is 0.407 e. The summed E-state index contributed by atoms with van der Waals surface area (Å²) in [5.74, 6) is -3.36. The van der Waals surface area contributed by atoms with E-state index in [0.29, 0.717) is 6.07 Å².